The number of rotatable bonds is 5. The molecule has 7 heteroatoms. The average molecular weight is 372 g/mol. The zero-order valence-electron chi connectivity index (χ0n) is 13.9. The molecule has 132 valence electrons. The fourth-order valence-corrected chi connectivity index (χ4v) is 1.87. The molecule has 0 fully saturated rings. The highest BCUT2D eigenvalue weighted by atomic mass is 35.5. The summed E-state index contributed by atoms with van der Waals surface area (Å²) in [6.45, 7) is 6.07. The van der Waals surface area contributed by atoms with Crippen molar-refractivity contribution in [1.82, 2.24) is 4.98 Å². The normalized spacial score (nSPS) is 10.8. The Balaban J connectivity index is 0.00000264. The van der Waals surface area contributed by atoms with E-state index in [0.717, 1.165) is 16.9 Å². The summed E-state index contributed by atoms with van der Waals surface area (Å²) in [6, 6.07) is 9.33. The van der Waals surface area contributed by atoms with Gasteiger partial charge in [0.2, 0.25) is 11.8 Å². The topological polar surface area (TPSA) is 77.2 Å². The van der Waals surface area contributed by atoms with Crippen LogP contribution in [0.15, 0.2) is 36.5 Å². The molecule has 3 N–H and O–H groups in total. The van der Waals surface area contributed by atoms with Crippen molar-refractivity contribution < 1.29 is 9.53 Å². The molecular weight excluding hydrogens is 349 g/mol. The van der Waals surface area contributed by atoms with E-state index >= 15 is 0 Å². The molecule has 0 aliphatic carbocycles. The molecular formula is C17H23Cl2N3O2. The highest BCUT2D eigenvalue weighted by Gasteiger charge is 2.15. The summed E-state index contributed by atoms with van der Waals surface area (Å²) in [4.78, 5) is 16.2. The number of nitrogens with two attached hydrogens (primary N) is 1. The van der Waals surface area contributed by atoms with Gasteiger partial charge in [-0.25, -0.2) is 4.98 Å². The van der Waals surface area contributed by atoms with Crippen LogP contribution in [-0.2, 0) is 4.79 Å². The molecule has 5 nitrogen and oxygen atoms in total. The van der Waals surface area contributed by atoms with Gasteiger partial charge in [-0.1, -0.05) is 19.1 Å². The van der Waals surface area contributed by atoms with Crippen molar-refractivity contribution in [3.8, 4) is 11.6 Å². The van der Waals surface area contributed by atoms with Gasteiger partial charge >= 0.3 is 0 Å². The lowest BCUT2D eigenvalue weighted by Crippen LogP contribution is -2.26. The second-order valence-corrected chi connectivity index (χ2v) is 5.28. The third-order valence-corrected chi connectivity index (χ3v) is 3.59. The summed E-state index contributed by atoms with van der Waals surface area (Å²) in [5.41, 5.74) is 8.23. The number of benzene rings is 1. The third-order valence-electron chi connectivity index (χ3n) is 3.59. The Kier molecular flexibility index (Phi) is 9.36. The summed E-state index contributed by atoms with van der Waals surface area (Å²) in [5.74, 6) is 0.671. The van der Waals surface area contributed by atoms with Crippen molar-refractivity contribution in [2.75, 3.05) is 11.9 Å². The number of nitrogens with one attached hydrogen (secondary N) is 1. The molecule has 1 heterocycles. The molecule has 0 spiro atoms. The molecule has 1 amide bonds. The van der Waals surface area contributed by atoms with Crippen molar-refractivity contribution in [3.63, 3.8) is 0 Å². The van der Waals surface area contributed by atoms with E-state index in [-0.39, 0.29) is 36.6 Å². The molecule has 0 aliphatic rings. The molecule has 2 aromatic rings. The maximum atomic E-state index is 12.0. The summed E-state index contributed by atoms with van der Waals surface area (Å²) in [6.07, 6.45) is 1.63. The molecule has 0 bridgehead atoms. The molecule has 1 aromatic carbocycles. The van der Waals surface area contributed by atoms with Crippen molar-refractivity contribution in [2.45, 2.75) is 20.8 Å². The Bertz CT molecular complexity index is 681. The number of carbonyl (C=O) groups is 1. The molecule has 1 atom stereocenters. The first-order chi connectivity index (χ1) is 10.5. The van der Waals surface area contributed by atoms with E-state index in [1.54, 1.807) is 25.3 Å². The number of amides is 1. The monoisotopic (exact) mass is 371 g/mol. The van der Waals surface area contributed by atoms with Crippen molar-refractivity contribution in [2.24, 2.45) is 11.7 Å². The second kappa shape index (κ2) is 10.1. The van der Waals surface area contributed by atoms with Crippen LogP contribution in [-0.4, -0.2) is 17.4 Å². The van der Waals surface area contributed by atoms with E-state index in [9.17, 15) is 4.79 Å². The zero-order chi connectivity index (χ0) is 16.1. The molecule has 1 aromatic heterocycles. The average Bonchev–Trinajstić information content (AvgIpc) is 2.52. The fraction of sp³-hybridized carbons (Fsp3) is 0.294. The molecule has 1 unspecified atom stereocenters. The Morgan fingerprint density at radius 2 is 1.96 bits per heavy atom. The van der Waals surface area contributed by atoms with Crippen LogP contribution < -0.4 is 15.8 Å². The Hall–Kier alpha value is -1.82. The standard InChI is InChI=1S/C17H21N3O2.2ClH/c1-11-6-4-8-15(13(11)3)22-17-14(7-5-9-19-17)20-16(21)12(2)10-18;;/h4-9,12H,10,18H2,1-3H3,(H,20,21);2*1H. The number of hydrogen-bond acceptors (Lipinski definition) is 4. The maximum Gasteiger partial charge on any atom is 0.243 e. The van der Waals surface area contributed by atoms with E-state index in [1.807, 2.05) is 32.0 Å². The fourth-order valence-electron chi connectivity index (χ4n) is 1.87. The van der Waals surface area contributed by atoms with Gasteiger partial charge in [-0.2, -0.15) is 0 Å². The third kappa shape index (κ3) is 5.37. The molecule has 0 radical (unpaired) electrons. The first-order valence-corrected chi connectivity index (χ1v) is 7.23. The minimum atomic E-state index is -0.270. The van der Waals surface area contributed by atoms with Crippen LogP contribution in [0.5, 0.6) is 11.6 Å². The van der Waals surface area contributed by atoms with Crippen LogP contribution in [0.1, 0.15) is 18.1 Å². The van der Waals surface area contributed by atoms with Crippen molar-refractivity contribution in [3.05, 3.63) is 47.7 Å². The number of nitrogens with zero attached hydrogens (tertiary/aromatic N) is 1. The Labute approximate surface area is 154 Å². The first kappa shape index (κ1) is 22.2. The first-order valence-electron chi connectivity index (χ1n) is 7.23. The van der Waals surface area contributed by atoms with Gasteiger partial charge in [-0.05, 0) is 43.2 Å². The number of pyridine rings is 1. The number of ether oxygens (including phenoxy) is 1. The maximum absolute atomic E-state index is 12.0. The highest BCUT2D eigenvalue weighted by molar-refractivity contribution is 5.93. The van der Waals surface area contributed by atoms with Gasteiger partial charge in [0, 0.05) is 18.7 Å². The van der Waals surface area contributed by atoms with E-state index in [4.69, 9.17) is 10.5 Å². The van der Waals surface area contributed by atoms with Gasteiger partial charge in [0.05, 0.1) is 0 Å². The van der Waals surface area contributed by atoms with Gasteiger partial charge in [0.15, 0.2) is 0 Å². The van der Waals surface area contributed by atoms with Crippen LogP contribution in [0, 0.1) is 19.8 Å². The van der Waals surface area contributed by atoms with Gasteiger partial charge in [-0.3, -0.25) is 4.79 Å². The van der Waals surface area contributed by atoms with Gasteiger partial charge < -0.3 is 15.8 Å². The lowest BCUT2D eigenvalue weighted by atomic mass is 10.1. The molecule has 0 aliphatic heterocycles. The van der Waals surface area contributed by atoms with Crippen LogP contribution in [0.4, 0.5) is 5.69 Å². The lowest BCUT2D eigenvalue weighted by molar-refractivity contribution is -0.119. The van der Waals surface area contributed by atoms with Gasteiger partial charge in [0.1, 0.15) is 11.4 Å². The van der Waals surface area contributed by atoms with Crippen LogP contribution in [0.2, 0.25) is 0 Å². The number of halogens is 2. The van der Waals surface area contributed by atoms with E-state index in [2.05, 4.69) is 10.3 Å². The molecule has 0 saturated carbocycles. The Morgan fingerprint density at radius 3 is 2.62 bits per heavy atom. The number of hydrogen-bond donors (Lipinski definition) is 2. The van der Waals surface area contributed by atoms with E-state index in [0.29, 0.717) is 18.1 Å². The van der Waals surface area contributed by atoms with Gasteiger partial charge in [0.25, 0.3) is 0 Å². The molecule has 24 heavy (non-hydrogen) atoms. The van der Waals surface area contributed by atoms with Gasteiger partial charge in [-0.15, -0.1) is 24.8 Å². The van der Waals surface area contributed by atoms with E-state index < -0.39 is 0 Å². The smallest absolute Gasteiger partial charge is 0.243 e. The zero-order valence-corrected chi connectivity index (χ0v) is 15.5. The summed E-state index contributed by atoms with van der Waals surface area (Å²) in [5, 5.41) is 2.81. The lowest BCUT2D eigenvalue weighted by Gasteiger charge is -2.15. The highest BCUT2D eigenvalue weighted by Crippen LogP contribution is 2.30. The number of aromatic nitrogens is 1. The minimum absolute atomic E-state index is 0. The molecule has 2 rings (SSSR count). The quantitative estimate of drug-likeness (QED) is 0.835. The Morgan fingerprint density at radius 1 is 1.25 bits per heavy atom. The van der Waals surface area contributed by atoms with Crippen molar-refractivity contribution in [1.29, 1.82) is 0 Å². The number of anilines is 1. The second-order valence-electron chi connectivity index (χ2n) is 5.28. The number of carbonyl (C=O) groups excluding carboxylic acids is 1. The largest absolute Gasteiger partial charge is 0.437 e. The summed E-state index contributed by atoms with van der Waals surface area (Å²) in [7, 11) is 0. The van der Waals surface area contributed by atoms with Crippen LogP contribution in [0.25, 0.3) is 0 Å². The molecule has 0 saturated heterocycles. The SMILES string of the molecule is Cc1cccc(Oc2ncccc2NC(=O)C(C)CN)c1C.Cl.Cl. The van der Waals surface area contributed by atoms with Crippen LogP contribution >= 0.6 is 24.8 Å². The van der Waals surface area contributed by atoms with Crippen LogP contribution in [0.3, 0.4) is 0 Å². The summed E-state index contributed by atoms with van der Waals surface area (Å²) >= 11 is 0. The van der Waals surface area contributed by atoms with Crippen molar-refractivity contribution >= 4 is 36.4 Å². The minimum Gasteiger partial charge on any atom is -0.437 e. The van der Waals surface area contributed by atoms with E-state index in [1.165, 1.54) is 0 Å². The summed E-state index contributed by atoms with van der Waals surface area (Å²) < 4.78 is 5.88. The number of aryl methyl sites for hydroxylation is 1. The predicted molar refractivity (Wildman–Crippen MR) is 102 cm³/mol. The predicted octanol–water partition coefficient (Wildman–Crippen LogP) is 3.87.